The molecule has 7 nitrogen and oxygen atoms in total. The highest BCUT2D eigenvalue weighted by atomic mass is 79.9. The minimum Gasteiger partial charge on any atom is -0.506 e. The quantitative estimate of drug-likeness (QED) is 0.390. The average Bonchev–Trinajstić information content (AvgIpc) is 2.66. The van der Waals surface area contributed by atoms with Crippen molar-refractivity contribution in [1.82, 2.24) is 5.32 Å². The summed E-state index contributed by atoms with van der Waals surface area (Å²) in [5.41, 5.74) is 1.50. The fourth-order valence-electron chi connectivity index (χ4n) is 2.53. The molecule has 0 spiro atoms. The number of hydrogen-bond acceptors (Lipinski definition) is 5. The zero-order chi connectivity index (χ0) is 23.2. The topological polar surface area (TPSA) is 105 Å². The third kappa shape index (κ3) is 7.90. The molecule has 0 saturated carbocycles. The number of ketones is 1. The third-order valence-corrected chi connectivity index (χ3v) is 4.52. The summed E-state index contributed by atoms with van der Waals surface area (Å²) in [7, 11) is 0. The van der Waals surface area contributed by atoms with Crippen LogP contribution in [0.25, 0.3) is 6.08 Å². The summed E-state index contributed by atoms with van der Waals surface area (Å²) in [4.78, 5) is 35.5. The standard InChI is InChI=1S/C23H25BrN2O5/c1-14(27)25-13-16-11-18(21(29)19(24)12-16)20(28)10-7-15-5-8-17(9-6-15)26-22(30)31-23(2,3)4/h5-12,29H,13H2,1-4H3,(H,25,27)(H,26,30)/b10-7+. The first-order chi connectivity index (χ1) is 14.4. The maximum absolute atomic E-state index is 12.6. The first-order valence-electron chi connectivity index (χ1n) is 9.53. The van der Waals surface area contributed by atoms with Gasteiger partial charge in [-0.25, -0.2) is 4.79 Å². The molecule has 0 aliphatic rings. The highest BCUT2D eigenvalue weighted by Gasteiger charge is 2.16. The van der Waals surface area contributed by atoms with E-state index >= 15 is 0 Å². The van der Waals surface area contributed by atoms with Crippen molar-refractivity contribution in [3.63, 3.8) is 0 Å². The molecule has 0 aromatic heterocycles. The number of amides is 2. The summed E-state index contributed by atoms with van der Waals surface area (Å²) in [6.45, 7) is 6.99. The molecule has 0 unspecified atom stereocenters. The number of nitrogens with one attached hydrogen (secondary N) is 2. The Labute approximate surface area is 189 Å². The predicted octanol–water partition coefficient (Wildman–Crippen LogP) is 5.03. The molecule has 31 heavy (non-hydrogen) atoms. The van der Waals surface area contributed by atoms with E-state index in [1.54, 1.807) is 57.2 Å². The molecule has 3 N–H and O–H groups in total. The van der Waals surface area contributed by atoms with E-state index < -0.39 is 11.7 Å². The zero-order valence-corrected chi connectivity index (χ0v) is 19.4. The molecule has 8 heteroatoms. The summed E-state index contributed by atoms with van der Waals surface area (Å²) in [5, 5.41) is 15.5. The molecule has 164 valence electrons. The van der Waals surface area contributed by atoms with Gasteiger partial charge in [-0.15, -0.1) is 0 Å². The van der Waals surface area contributed by atoms with Crippen LogP contribution in [-0.4, -0.2) is 28.5 Å². The molecular weight excluding hydrogens is 464 g/mol. The van der Waals surface area contributed by atoms with E-state index in [4.69, 9.17) is 4.74 Å². The van der Waals surface area contributed by atoms with E-state index in [2.05, 4.69) is 26.6 Å². The molecule has 0 fully saturated rings. The zero-order valence-electron chi connectivity index (χ0n) is 17.8. The van der Waals surface area contributed by atoms with E-state index in [-0.39, 0.29) is 29.5 Å². The lowest BCUT2D eigenvalue weighted by Crippen LogP contribution is -2.27. The second kappa shape index (κ2) is 10.3. The van der Waals surface area contributed by atoms with Crippen LogP contribution in [0.4, 0.5) is 10.5 Å². The number of carbonyl (C=O) groups excluding carboxylic acids is 3. The maximum atomic E-state index is 12.6. The van der Waals surface area contributed by atoms with E-state index in [9.17, 15) is 19.5 Å². The van der Waals surface area contributed by atoms with Gasteiger partial charge in [0.15, 0.2) is 5.78 Å². The van der Waals surface area contributed by atoms with Gasteiger partial charge in [0, 0.05) is 19.2 Å². The lowest BCUT2D eigenvalue weighted by atomic mass is 10.0. The normalized spacial score (nSPS) is 11.3. The molecule has 0 atom stereocenters. The van der Waals surface area contributed by atoms with E-state index in [1.807, 2.05) is 0 Å². The van der Waals surface area contributed by atoms with Gasteiger partial charge in [-0.05, 0) is 78.2 Å². The van der Waals surface area contributed by atoms with Gasteiger partial charge in [0.1, 0.15) is 11.4 Å². The number of aromatic hydroxyl groups is 1. The van der Waals surface area contributed by atoms with Gasteiger partial charge in [-0.1, -0.05) is 18.2 Å². The molecular formula is C23H25BrN2O5. The fourth-order valence-corrected chi connectivity index (χ4v) is 3.04. The number of ether oxygens (including phenoxy) is 1. The van der Waals surface area contributed by atoms with Crippen LogP contribution >= 0.6 is 15.9 Å². The van der Waals surface area contributed by atoms with Crippen LogP contribution < -0.4 is 10.6 Å². The Morgan fingerprint density at radius 1 is 1.13 bits per heavy atom. The van der Waals surface area contributed by atoms with Gasteiger partial charge < -0.3 is 15.2 Å². The second-order valence-corrected chi connectivity index (χ2v) is 8.68. The van der Waals surface area contributed by atoms with E-state index in [0.717, 1.165) is 5.56 Å². The first kappa shape index (κ1) is 24.1. The number of phenols is 1. The number of rotatable bonds is 6. The Morgan fingerprint density at radius 3 is 2.35 bits per heavy atom. The molecule has 0 radical (unpaired) electrons. The highest BCUT2D eigenvalue weighted by molar-refractivity contribution is 9.10. The number of phenolic OH excluding ortho intramolecular Hbond substituents is 1. The van der Waals surface area contributed by atoms with Crippen molar-refractivity contribution in [2.24, 2.45) is 0 Å². The molecule has 0 aliphatic heterocycles. The smallest absolute Gasteiger partial charge is 0.412 e. The van der Waals surface area contributed by atoms with Crippen molar-refractivity contribution < 1.29 is 24.2 Å². The number of carbonyl (C=O) groups is 3. The highest BCUT2D eigenvalue weighted by Crippen LogP contribution is 2.30. The van der Waals surface area contributed by atoms with Crippen molar-refractivity contribution in [2.45, 2.75) is 39.8 Å². The first-order valence-corrected chi connectivity index (χ1v) is 10.3. The summed E-state index contributed by atoms with van der Waals surface area (Å²) in [6, 6.07) is 10.0. The Hall–Kier alpha value is -3.13. The van der Waals surface area contributed by atoms with Gasteiger partial charge in [0.05, 0.1) is 10.0 Å². The largest absolute Gasteiger partial charge is 0.506 e. The number of halogens is 1. The monoisotopic (exact) mass is 488 g/mol. The number of hydrogen-bond donors (Lipinski definition) is 3. The minimum atomic E-state index is -0.590. The number of benzene rings is 2. The van der Waals surface area contributed by atoms with E-state index in [1.165, 1.54) is 19.1 Å². The minimum absolute atomic E-state index is 0.120. The maximum Gasteiger partial charge on any atom is 0.412 e. The van der Waals surface area contributed by atoms with Gasteiger partial charge in [-0.3, -0.25) is 14.9 Å². The Balaban J connectivity index is 2.09. The molecule has 2 rings (SSSR count). The molecule has 0 heterocycles. The van der Waals surface area contributed by atoms with Crippen LogP contribution in [-0.2, 0) is 16.1 Å². The van der Waals surface area contributed by atoms with Crippen LogP contribution in [0.3, 0.4) is 0 Å². The third-order valence-electron chi connectivity index (χ3n) is 3.91. The lowest BCUT2D eigenvalue weighted by molar-refractivity contribution is -0.119. The van der Waals surface area contributed by atoms with Crippen molar-refractivity contribution >= 4 is 45.5 Å². The Kier molecular flexibility index (Phi) is 7.99. The van der Waals surface area contributed by atoms with Gasteiger partial charge >= 0.3 is 6.09 Å². The van der Waals surface area contributed by atoms with Crippen LogP contribution in [0.15, 0.2) is 46.9 Å². The summed E-state index contributed by atoms with van der Waals surface area (Å²) < 4.78 is 5.57. The van der Waals surface area contributed by atoms with Gasteiger partial charge in [0.25, 0.3) is 0 Å². The van der Waals surface area contributed by atoms with Gasteiger partial charge in [-0.2, -0.15) is 0 Å². The Bertz CT molecular complexity index is 1010. The molecule has 2 amide bonds. The van der Waals surface area contributed by atoms with E-state index in [0.29, 0.717) is 15.7 Å². The molecule has 0 saturated heterocycles. The average molecular weight is 489 g/mol. The van der Waals surface area contributed by atoms with Crippen LogP contribution in [0.2, 0.25) is 0 Å². The fraction of sp³-hybridized carbons (Fsp3) is 0.261. The number of anilines is 1. The van der Waals surface area contributed by atoms with Gasteiger partial charge in [0.2, 0.25) is 5.91 Å². The van der Waals surface area contributed by atoms with Crippen LogP contribution in [0.5, 0.6) is 5.75 Å². The van der Waals surface area contributed by atoms with Crippen molar-refractivity contribution in [3.8, 4) is 5.75 Å². The summed E-state index contributed by atoms with van der Waals surface area (Å²) in [6.07, 6.45) is 2.40. The second-order valence-electron chi connectivity index (χ2n) is 7.83. The molecule has 0 aliphatic carbocycles. The SMILES string of the molecule is CC(=O)NCc1cc(Br)c(O)c(C(=O)/C=C/c2ccc(NC(=O)OC(C)(C)C)cc2)c1. The van der Waals surface area contributed by atoms with Crippen LogP contribution in [0, 0.1) is 0 Å². The summed E-state index contributed by atoms with van der Waals surface area (Å²) in [5.74, 6) is -0.751. The number of allylic oxidation sites excluding steroid dienone is 1. The summed E-state index contributed by atoms with van der Waals surface area (Å²) >= 11 is 3.23. The molecule has 2 aromatic rings. The van der Waals surface area contributed by atoms with Crippen molar-refractivity contribution in [3.05, 3.63) is 63.6 Å². The lowest BCUT2D eigenvalue weighted by Gasteiger charge is -2.19. The predicted molar refractivity (Wildman–Crippen MR) is 123 cm³/mol. The van der Waals surface area contributed by atoms with Crippen LogP contribution in [0.1, 0.15) is 49.2 Å². The van der Waals surface area contributed by atoms with Crippen molar-refractivity contribution in [1.29, 1.82) is 0 Å². The molecule has 0 bridgehead atoms. The Morgan fingerprint density at radius 2 is 1.77 bits per heavy atom. The molecule has 2 aromatic carbocycles. The van der Waals surface area contributed by atoms with Crippen molar-refractivity contribution in [2.75, 3.05) is 5.32 Å².